The highest BCUT2D eigenvalue weighted by Gasteiger charge is 2.41. The number of aliphatic imine (C=N–C) groups is 1. The van der Waals surface area contributed by atoms with Gasteiger partial charge in [0, 0.05) is 11.8 Å². The Labute approximate surface area is 108 Å². The first-order valence-electron chi connectivity index (χ1n) is 6.23. The Morgan fingerprint density at radius 2 is 2.17 bits per heavy atom. The number of anilines is 1. The number of guanidine groups is 1. The average molecular weight is 247 g/mol. The van der Waals surface area contributed by atoms with Crippen LogP contribution in [0.25, 0.3) is 0 Å². The van der Waals surface area contributed by atoms with Crippen molar-refractivity contribution in [3.63, 3.8) is 0 Å². The highest BCUT2D eigenvalue weighted by molar-refractivity contribution is 5.98. The molecule has 1 aliphatic rings. The predicted octanol–water partition coefficient (Wildman–Crippen LogP) is 2.24. The van der Waals surface area contributed by atoms with Gasteiger partial charge in [-0.2, -0.15) is 0 Å². The van der Waals surface area contributed by atoms with Crippen LogP contribution in [0.4, 0.5) is 5.69 Å². The first-order valence-corrected chi connectivity index (χ1v) is 6.23. The van der Waals surface area contributed by atoms with E-state index in [9.17, 15) is 0 Å². The van der Waals surface area contributed by atoms with Crippen LogP contribution in [-0.2, 0) is 0 Å². The van der Waals surface area contributed by atoms with Gasteiger partial charge in [0.05, 0.1) is 19.2 Å². The van der Waals surface area contributed by atoms with E-state index in [2.05, 4.69) is 30.7 Å². The lowest BCUT2D eigenvalue weighted by molar-refractivity contribution is 0.365. The molecule has 0 radical (unpaired) electrons. The molecule has 2 rings (SSSR count). The third-order valence-corrected chi connectivity index (χ3v) is 3.86. The maximum absolute atomic E-state index is 6.05. The third kappa shape index (κ3) is 1.92. The zero-order chi connectivity index (χ0) is 13.3. The van der Waals surface area contributed by atoms with Gasteiger partial charge in [-0.3, -0.25) is 4.99 Å². The number of rotatable bonds is 3. The van der Waals surface area contributed by atoms with Crippen molar-refractivity contribution in [2.45, 2.75) is 26.3 Å². The minimum Gasteiger partial charge on any atom is -0.497 e. The second kappa shape index (κ2) is 4.52. The molecule has 2 N–H and O–H groups in total. The van der Waals surface area contributed by atoms with Gasteiger partial charge in [-0.1, -0.05) is 19.9 Å². The Balaban J connectivity index is 2.43. The molecule has 0 bridgehead atoms. The fourth-order valence-corrected chi connectivity index (χ4v) is 2.26. The fourth-order valence-electron chi connectivity index (χ4n) is 2.26. The standard InChI is InChI=1S/C14H21N3O/c1-10(2)14(3)9-16-13(15)17(14)11-6-5-7-12(8-11)18-4/h5-8,10H,9H2,1-4H3,(H2,15,16). The van der Waals surface area contributed by atoms with E-state index in [-0.39, 0.29) is 5.54 Å². The summed E-state index contributed by atoms with van der Waals surface area (Å²) in [6.07, 6.45) is 0. The number of nitrogens with two attached hydrogens (primary N) is 1. The number of benzene rings is 1. The topological polar surface area (TPSA) is 50.9 Å². The molecule has 98 valence electrons. The molecule has 0 fully saturated rings. The first kappa shape index (κ1) is 12.7. The van der Waals surface area contributed by atoms with Crippen LogP contribution in [0.1, 0.15) is 20.8 Å². The van der Waals surface area contributed by atoms with Crippen LogP contribution in [-0.4, -0.2) is 25.2 Å². The van der Waals surface area contributed by atoms with Crippen molar-refractivity contribution in [2.75, 3.05) is 18.6 Å². The van der Waals surface area contributed by atoms with E-state index >= 15 is 0 Å². The fraction of sp³-hybridized carbons (Fsp3) is 0.500. The van der Waals surface area contributed by atoms with Crippen molar-refractivity contribution >= 4 is 11.6 Å². The Morgan fingerprint density at radius 3 is 2.78 bits per heavy atom. The number of methoxy groups -OCH3 is 1. The van der Waals surface area contributed by atoms with Gasteiger partial charge in [-0.15, -0.1) is 0 Å². The van der Waals surface area contributed by atoms with Crippen LogP contribution >= 0.6 is 0 Å². The van der Waals surface area contributed by atoms with E-state index in [1.807, 2.05) is 24.3 Å². The monoisotopic (exact) mass is 247 g/mol. The molecule has 1 heterocycles. The summed E-state index contributed by atoms with van der Waals surface area (Å²) in [5, 5.41) is 0. The van der Waals surface area contributed by atoms with Crippen LogP contribution in [0, 0.1) is 5.92 Å². The summed E-state index contributed by atoms with van der Waals surface area (Å²) in [4.78, 5) is 6.51. The van der Waals surface area contributed by atoms with Gasteiger partial charge in [0.15, 0.2) is 5.96 Å². The molecule has 0 aliphatic carbocycles. The Kier molecular flexibility index (Phi) is 3.20. The SMILES string of the molecule is COc1cccc(N2C(N)=NCC2(C)C(C)C)c1. The molecule has 18 heavy (non-hydrogen) atoms. The summed E-state index contributed by atoms with van der Waals surface area (Å²) in [5.74, 6) is 1.87. The smallest absolute Gasteiger partial charge is 0.196 e. The van der Waals surface area contributed by atoms with Gasteiger partial charge in [-0.05, 0) is 25.0 Å². The highest BCUT2D eigenvalue weighted by atomic mass is 16.5. The van der Waals surface area contributed by atoms with Gasteiger partial charge in [0.2, 0.25) is 0 Å². The maximum atomic E-state index is 6.05. The molecule has 4 nitrogen and oxygen atoms in total. The largest absolute Gasteiger partial charge is 0.497 e. The summed E-state index contributed by atoms with van der Waals surface area (Å²) in [5.41, 5.74) is 7.01. The molecule has 0 amide bonds. The van der Waals surface area contributed by atoms with E-state index in [1.54, 1.807) is 7.11 Å². The maximum Gasteiger partial charge on any atom is 0.196 e. The molecule has 0 spiro atoms. The molecule has 1 aromatic carbocycles. The molecular formula is C14H21N3O. The van der Waals surface area contributed by atoms with Crippen LogP contribution < -0.4 is 15.4 Å². The van der Waals surface area contributed by atoms with E-state index in [0.717, 1.165) is 18.0 Å². The van der Waals surface area contributed by atoms with Gasteiger partial charge >= 0.3 is 0 Å². The molecule has 1 atom stereocenters. The predicted molar refractivity (Wildman–Crippen MR) is 75.2 cm³/mol. The number of nitrogens with zero attached hydrogens (tertiary/aromatic N) is 2. The van der Waals surface area contributed by atoms with Crippen molar-refractivity contribution in [2.24, 2.45) is 16.6 Å². The summed E-state index contributed by atoms with van der Waals surface area (Å²) >= 11 is 0. The Bertz CT molecular complexity index is 470. The number of hydrogen-bond donors (Lipinski definition) is 1. The zero-order valence-electron chi connectivity index (χ0n) is 11.5. The van der Waals surface area contributed by atoms with Gasteiger partial charge in [0.1, 0.15) is 5.75 Å². The molecule has 1 aliphatic heterocycles. The molecule has 0 saturated heterocycles. The summed E-state index contributed by atoms with van der Waals surface area (Å²) in [6, 6.07) is 7.94. The average Bonchev–Trinajstić information content (AvgIpc) is 2.67. The van der Waals surface area contributed by atoms with Gasteiger partial charge in [0.25, 0.3) is 0 Å². The Morgan fingerprint density at radius 1 is 1.44 bits per heavy atom. The third-order valence-electron chi connectivity index (χ3n) is 3.86. The first-order chi connectivity index (χ1) is 8.49. The van der Waals surface area contributed by atoms with Crippen LogP contribution in [0.3, 0.4) is 0 Å². The lowest BCUT2D eigenvalue weighted by atomic mass is 9.87. The summed E-state index contributed by atoms with van der Waals surface area (Å²) in [6.45, 7) is 7.32. The second-order valence-electron chi connectivity index (χ2n) is 5.22. The van der Waals surface area contributed by atoms with E-state index in [0.29, 0.717) is 11.9 Å². The van der Waals surface area contributed by atoms with Crippen LogP contribution in [0.15, 0.2) is 29.3 Å². The lowest BCUT2D eigenvalue weighted by Gasteiger charge is -2.39. The molecule has 1 unspecified atom stereocenters. The second-order valence-corrected chi connectivity index (χ2v) is 5.22. The van der Waals surface area contributed by atoms with Gasteiger partial charge < -0.3 is 15.4 Å². The van der Waals surface area contributed by atoms with Crippen molar-refractivity contribution in [1.82, 2.24) is 0 Å². The van der Waals surface area contributed by atoms with E-state index in [4.69, 9.17) is 10.5 Å². The van der Waals surface area contributed by atoms with Crippen molar-refractivity contribution in [3.8, 4) is 5.75 Å². The Hall–Kier alpha value is -1.71. The van der Waals surface area contributed by atoms with Gasteiger partial charge in [-0.25, -0.2) is 0 Å². The van der Waals surface area contributed by atoms with Crippen molar-refractivity contribution in [3.05, 3.63) is 24.3 Å². The molecule has 1 aromatic rings. The zero-order valence-corrected chi connectivity index (χ0v) is 11.5. The van der Waals surface area contributed by atoms with E-state index < -0.39 is 0 Å². The number of ether oxygens (including phenoxy) is 1. The number of hydrogen-bond acceptors (Lipinski definition) is 4. The minimum absolute atomic E-state index is 0.0730. The summed E-state index contributed by atoms with van der Waals surface area (Å²) < 4.78 is 5.27. The van der Waals surface area contributed by atoms with E-state index in [1.165, 1.54) is 0 Å². The van der Waals surface area contributed by atoms with Crippen molar-refractivity contribution in [1.29, 1.82) is 0 Å². The molecular weight excluding hydrogens is 226 g/mol. The lowest BCUT2D eigenvalue weighted by Crippen LogP contribution is -2.53. The quantitative estimate of drug-likeness (QED) is 0.891. The minimum atomic E-state index is -0.0730. The molecule has 4 heteroatoms. The molecule has 0 aromatic heterocycles. The molecule has 0 saturated carbocycles. The summed E-state index contributed by atoms with van der Waals surface area (Å²) in [7, 11) is 1.67. The highest BCUT2D eigenvalue weighted by Crippen LogP contribution is 2.35. The van der Waals surface area contributed by atoms with Crippen LogP contribution in [0.2, 0.25) is 0 Å². The normalized spacial score (nSPS) is 23.4. The van der Waals surface area contributed by atoms with Crippen LogP contribution in [0.5, 0.6) is 5.75 Å². The van der Waals surface area contributed by atoms with Crippen molar-refractivity contribution < 1.29 is 4.74 Å².